The van der Waals surface area contributed by atoms with Crippen molar-refractivity contribution in [3.63, 3.8) is 0 Å². The predicted octanol–water partition coefficient (Wildman–Crippen LogP) is 0.888. The second-order valence-electron chi connectivity index (χ2n) is 3.12. The normalized spacial score (nSPS) is 9.00. The lowest BCUT2D eigenvalue weighted by molar-refractivity contribution is -0.137. The molecule has 16 heavy (non-hydrogen) atoms. The quantitative estimate of drug-likeness (QED) is 0.541. The fraction of sp³-hybridized carbons (Fsp3) is 0.200. The summed E-state index contributed by atoms with van der Waals surface area (Å²) in [5.74, 6) is -1.23. The van der Waals surface area contributed by atoms with E-state index in [-0.39, 0.29) is 24.9 Å². The van der Waals surface area contributed by atoms with E-state index < -0.39 is 5.97 Å². The number of hydrogen-bond acceptors (Lipinski definition) is 2. The summed E-state index contributed by atoms with van der Waals surface area (Å²) in [5, 5.41) is 15.9. The van der Waals surface area contributed by atoms with Gasteiger partial charge >= 0.3 is 5.97 Å². The summed E-state index contributed by atoms with van der Waals surface area (Å²) in [6.07, 6.45) is 0. The van der Waals surface area contributed by atoms with Crippen LogP contribution in [0.4, 0.5) is 0 Å². The van der Waals surface area contributed by atoms with Crippen molar-refractivity contribution in [2.45, 2.75) is 6.54 Å². The van der Waals surface area contributed by atoms with E-state index in [9.17, 15) is 4.79 Å². The van der Waals surface area contributed by atoms with Crippen LogP contribution < -0.4 is 5.73 Å². The average molecular weight is 244 g/mol. The van der Waals surface area contributed by atoms with Crippen molar-refractivity contribution >= 4 is 24.3 Å². The molecule has 5 nitrogen and oxygen atoms in total. The van der Waals surface area contributed by atoms with Crippen molar-refractivity contribution in [3.8, 4) is 0 Å². The van der Waals surface area contributed by atoms with E-state index in [4.69, 9.17) is 16.2 Å². The highest BCUT2D eigenvalue weighted by molar-refractivity contribution is 5.85. The minimum Gasteiger partial charge on any atom is -0.480 e. The highest BCUT2D eigenvalue weighted by Crippen LogP contribution is 2.03. The number of hydrogen-bond donors (Lipinski definition) is 3. The van der Waals surface area contributed by atoms with Gasteiger partial charge in [-0.1, -0.05) is 30.3 Å². The summed E-state index contributed by atoms with van der Waals surface area (Å²) >= 11 is 0. The largest absolute Gasteiger partial charge is 0.480 e. The number of carboxylic acid groups (broad SMARTS) is 1. The lowest BCUT2D eigenvalue weighted by Gasteiger charge is -2.20. The smallest absolute Gasteiger partial charge is 0.323 e. The molecule has 0 aliphatic heterocycles. The van der Waals surface area contributed by atoms with Crippen LogP contribution in [0.1, 0.15) is 5.56 Å². The Kier molecular flexibility index (Phi) is 5.95. The first-order chi connectivity index (χ1) is 7.09. The van der Waals surface area contributed by atoms with Crippen LogP contribution in [0.15, 0.2) is 30.3 Å². The van der Waals surface area contributed by atoms with Gasteiger partial charge in [0, 0.05) is 6.54 Å². The molecule has 0 saturated carbocycles. The summed E-state index contributed by atoms with van der Waals surface area (Å²) in [6, 6.07) is 9.30. The number of carboxylic acids is 1. The molecule has 0 bridgehead atoms. The summed E-state index contributed by atoms with van der Waals surface area (Å²) in [6.45, 7) is 0.0761. The molecule has 0 aliphatic rings. The van der Waals surface area contributed by atoms with E-state index in [1.165, 1.54) is 4.90 Å². The van der Waals surface area contributed by atoms with E-state index in [0.717, 1.165) is 5.56 Å². The molecule has 0 aliphatic carbocycles. The number of carbonyl (C=O) groups is 1. The van der Waals surface area contributed by atoms with Gasteiger partial charge in [-0.15, -0.1) is 12.4 Å². The Labute approximate surface area is 99.8 Å². The van der Waals surface area contributed by atoms with Gasteiger partial charge in [-0.25, -0.2) is 0 Å². The third-order valence-corrected chi connectivity index (χ3v) is 1.88. The van der Waals surface area contributed by atoms with Crippen molar-refractivity contribution in [3.05, 3.63) is 35.9 Å². The van der Waals surface area contributed by atoms with Gasteiger partial charge in [0.2, 0.25) is 0 Å². The van der Waals surface area contributed by atoms with Crippen LogP contribution in [0.3, 0.4) is 0 Å². The molecule has 0 spiro atoms. The van der Waals surface area contributed by atoms with Gasteiger partial charge in [-0.2, -0.15) is 0 Å². The molecule has 0 heterocycles. The van der Waals surface area contributed by atoms with Crippen LogP contribution in [0.25, 0.3) is 0 Å². The molecule has 4 N–H and O–H groups in total. The van der Waals surface area contributed by atoms with E-state index in [2.05, 4.69) is 0 Å². The minimum absolute atomic E-state index is 0. The molecule has 0 unspecified atom stereocenters. The van der Waals surface area contributed by atoms with Crippen molar-refractivity contribution in [1.29, 1.82) is 5.41 Å². The molecule has 0 atom stereocenters. The van der Waals surface area contributed by atoms with Crippen molar-refractivity contribution in [2.24, 2.45) is 5.73 Å². The minimum atomic E-state index is -0.999. The van der Waals surface area contributed by atoms with Crippen LogP contribution in [-0.2, 0) is 11.3 Å². The predicted molar refractivity (Wildman–Crippen MR) is 63.6 cm³/mol. The number of guanidine groups is 1. The van der Waals surface area contributed by atoms with Crippen molar-refractivity contribution < 1.29 is 9.90 Å². The number of rotatable bonds is 4. The van der Waals surface area contributed by atoms with Gasteiger partial charge < -0.3 is 15.7 Å². The molecule has 6 heteroatoms. The molecule has 0 radical (unpaired) electrons. The molecular formula is C10H14ClN3O2. The lowest BCUT2D eigenvalue weighted by Crippen LogP contribution is -2.39. The first kappa shape index (κ1) is 14.2. The summed E-state index contributed by atoms with van der Waals surface area (Å²) in [7, 11) is 0. The first-order valence-electron chi connectivity index (χ1n) is 4.44. The van der Waals surface area contributed by atoms with Crippen LogP contribution in [0.5, 0.6) is 0 Å². The number of benzene rings is 1. The van der Waals surface area contributed by atoms with E-state index in [0.29, 0.717) is 6.54 Å². The van der Waals surface area contributed by atoms with Gasteiger partial charge in [0.15, 0.2) is 5.96 Å². The number of halogens is 1. The molecule has 1 aromatic carbocycles. The van der Waals surface area contributed by atoms with Gasteiger partial charge in [0.05, 0.1) is 0 Å². The molecule has 88 valence electrons. The second-order valence-corrected chi connectivity index (χ2v) is 3.12. The van der Waals surface area contributed by atoms with E-state index in [1.807, 2.05) is 30.3 Å². The third kappa shape index (κ3) is 4.65. The average Bonchev–Trinajstić information content (AvgIpc) is 2.17. The number of nitrogens with one attached hydrogen (secondary N) is 1. The Bertz CT molecular complexity index is 356. The van der Waals surface area contributed by atoms with Crippen LogP contribution >= 0.6 is 12.4 Å². The Balaban J connectivity index is 0.00000225. The Morgan fingerprint density at radius 1 is 1.38 bits per heavy atom. The highest BCUT2D eigenvalue weighted by atomic mass is 35.5. The zero-order valence-corrected chi connectivity index (χ0v) is 9.41. The molecule has 0 amide bonds. The molecular weight excluding hydrogens is 230 g/mol. The summed E-state index contributed by atoms with van der Waals surface area (Å²) in [5.41, 5.74) is 6.20. The zero-order valence-electron chi connectivity index (χ0n) is 8.59. The molecule has 1 rings (SSSR count). The topological polar surface area (TPSA) is 90.4 Å². The van der Waals surface area contributed by atoms with Crippen LogP contribution in [0.2, 0.25) is 0 Å². The zero-order chi connectivity index (χ0) is 11.3. The summed E-state index contributed by atoms with van der Waals surface area (Å²) in [4.78, 5) is 11.8. The SMILES string of the molecule is Cl.N=C(N)N(CC(=O)O)Cc1ccccc1. The monoisotopic (exact) mass is 243 g/mol. The van der Waals surface area contributed by atoms with E-state index >= 15 is 0 Å². The fourth-order valence-electron chi connectivity index (χ4n) is 1.19. The maximum absolute atomic E-state index is 10.5. The third-order valence-electron chi connectivity index (χ3n) is 1.88. The Morgan fingerprint density at radius 3 is 2.38 bits per heavy atom. The standard InChI is InChI=1S/C10H13N3O2.ClH/c11-10(12)13(7-9(14)15)6-8-4-2-1-3-5-8;/h1-5H,6-7H2,(H3,11,12)(H,14,15);1H. The van der Waals surface area contributed by atoms with Gasteiger partial charge in [-0.3, -0.25) is 10.2 Å². The summed E-state index contributed by atoms with van der Waals surface area (Å²) < 4.78 is 0. The van der Waals surface area contributed by atoms with Crippen LogP contribution in [-0.4, -0.2) is 28.5 Å². The van der Waals surface area contributed by atoms with Gasteiger partial charge in [0.1, 0.15) is 6.54 Å². The number of nitrogens with zero attached hydrogens (tertiary/aromatic N) is 1. The first-order valence-corrected chi connectivity index (χ1v) is 4.44. The highest BCUT2D eigenvalue weighted by Gasteiger charge is 2.10. The number of aliphatic carboxylic acids is 1. The maximum atomic E-state index is 10.5. The van der Waals surface area contributed by atoms with Gasteiger partial charge in [-0.05, 0) is 5.56 Å². The van der Waals surface area contributed by atoms with E-state index in [1.54, 1.807) is 0 Å². The molecule has 0 fully saturated rings. The van der Waals surface area contributed by atoms with Crippen molar-refractivity contribution in [2.75, 3.05) is 6.54 Å². The molecule has 1 aromatic rings. The molecule has 0 saturated heterocycles. The van der Waals surface area contributed by atoms with Gasteiger partial charge in [0.25, 0.3) is 0 Å². The molecule has 0 aromatic heterocycles. The maximum Gasteiger partial charge on any atom is 0.323 e. The lowest BCUT2D eigenvalue weighted by atomic mass is 10.2. The Hall–Kier alpha value is -1.75. The van der Waals surface area contributed by atoms with Crippen LogP contribution in [0, 0.1) is 5.41 Å². The fourth-order valence-corrected chi connectivity index (χ4v) is 1.19. The number of nitrogens with two attached hydrogens (primary N) is 1. The van der Waals surface area contributed by atoms with Crippen molar-refractivity contribution in [1.82, 2.24) is 4.90 Å². The second kappa shape index (κ2) is 6.68. The Morgan fingerprint density at radius 2 is 1.94 bits per heavy atom.